The van der Waals surface area contributed by atoms with Crippen LogP contribution in [0.2, 0.25) is 0 Å². The van der Waals surface area contributed by atoms with Crippen LogP contribution in [-0.2, 0) is 0 Å². The van der Waals surface area contributed by atoms with E-state index in [4.69, 9.17) is 0 Å². The summed E-state index contributed by atoms with van der Waals surface area (Å²) >= 11 is 5.51. The third kappa shape index (κ3) is 1.65. The Kier molecular flexibility index (Phi) is 2.42. The van der Waals surface area contributed by atoms with Gasteiger partial charge in [-0.2, -0.15) is 0 Å². The summed E-state index contributed by atoms with van der Waals surface area (Å²) in [5, 5.41) is 10.4. The summed E-state index contributed by atoms with van der Waals surface area (Å²) in [6.07, 6.45) is 1.80. The fraction of sp³-hybridized carbons (Fsp3) is 0. The molecule has 0 saturated heterocycles. The summed E-state index contributed by atoms with van der Waals surface area (Å²) in [6, 6.07) is 5.41. The van der Waals surface area contributed by atoms with Gasteiger partial charge in [-0.15, -0.1) is 0 Å². The molecule has 66 valence electrons. The molecule has 1 aromatic heterocycles. The number of benzene rings is 1. The molecular weight excluding hydrogens is 345 g/mol. The van der Waals surface area contributed by atoms with Crippen LogP contribution in [0.4, 0.5) is 0 Å². The number of halogens is 2. The molecule has 2 rings (SSSR count). The fourth-order valence-electron chi connectivity index (χ4n) is 1.13. The lowest BCUT2D eigenvalue weighted by molar-refractivity contribution is 0.473. The van der Waals surface area contributed by atoms with Gasteiger partial charge in [-0.05, 0) is 56.7 Å². The molecule has 0 aliphatic rings. The lowest BCUT2D eigenvalue weighted by Crippen LogP contribution is -1.82. The monoisotopic (exact) mass is 349 g/mol. The van der Waals surface area contributed by atoms with Gasteiger partial charge < -0.3 is 5.11 Å². The number of phenolic OH excluding ortho intramolecular Hbond substituents is 1. The van der Waals surface area contributed by atoms with Gasteiger partial charge in [0.25, 0.3) is 0 Å². The molecule has 1 aromatic carbocycles. The Morgan fingerprint density at radius 3 is 2.92 bits per heavy atom. The van der Waals surface area contributed by atoms with Crippen LogP contribution < -0.4 is 0 Å². The minimum atomic E-state index is 0.247. The zero-order chi connectivity index (χ0) is 9.42. The third-order valence-corrected chi connectivity index (χ3v) is 3.17. The fourth-order valence-corrected chi connectivity index (χ4v) is 2.03. The van der Waals surface area contributed by atoms with Crippen molar-refractivity contribution in [2.75, 3.05) is 0 Å². The molecule has 0 fully saturated rings. The average molecular weight is 350 g/mol. The van der Waals surface area contributed by atoms with Crippen molar-refractivity contribution in [2.45, 2.75) is 0 Å². The number of aromatic nitrogens is 1. The van der Waals surface area contributed by atoms with Crippen LogP contribution in [0.25, 0.3) is 10.9 Å². The summed E-state index contributed by atoms with van der Waals surface area (Å²) in [5.74, 6) is 0.247. The largest absolute Gasteiger partial charge is 0.507 e. The van der Waals surface area contributed by atoms with Crippen LogP contribution in [0.3, 0.4) is 0 Å². The number of phenols is 1. The molecule has 0 radical (unpaired) electrons. The second kappa shape index (κ2) is 3.42. The Morgan fingerprint density at radius 1 is 1.38 bits per heavy atom. The van der Waals surface area contributed by atoms with Gasteiger partial charge >= 0.3 is 0 Å². The maximum atomic E-state index is 9.43. The van der Waals surface area contributed by atoms with Gasteiger partial charge in [-0.3, -0.25) is 4.98 Å². The van der Waals surface area contributed by atoms with Crippen molar-refractivity contribution in [2.24, 2.45) is 0 Å². The molecule has 0 amide bonds. The van der Waals surface area contributed by atoms with Gasteiger partial charge in [-0.25, -0.2) is 0 Å². The number of rotatable bonds is 0. The molecule has 2 nitrogen and oxygen atoms in total. The van der Waals surface area contributed by atoms with E-state index in [0.717, 1.165) is 14.5 Å². The van der Waals surface area contributed by atoms with E-state index in [1.807, 2.05) is 6.07 Å². The van der Waals surface area contributed by atoms with Crippen molar-refractivity contribution in [1.29, 1.82) is 0 Å². The Balaban J connectivity index is 2.89. The predicted molar refractivity (Wildman–Crippen MR) is 63.8 cm³/mol. The zero-order valence-electron chi connectivity index (χ0n) is 6.46. The highest BCUT2D eigenvalue weighted by Gasteiger charge is 2.04. The number of pyridine rings is 1. The van der Waals surface area contributed by atoms with Crippen LogP contribution in [0.15, 0.2) is 28.9 Å². The maximum absolute atomic E-state index is 9.43. The number of fused-ring (bicyclic) bond motifs is 1. The normalized spacial score (nSPS) is 10.6. The SMILES string of the molecule is Oc1ccc2ncc(I)cc2c1Br. The molecule has 0 unspecified atom stereocenters. The molecule has 2 aromatic rings. The quantitative estimate of drug-likeness (QED) is 0.740. The first-order valence-corrected chi connectivity index (χ1v) is 5.48. The van der Waals surface area contributed by atoms with Gasteiger partial charge in [0.1, 0.15) is 5.75 Å². The van der Waals surface area contributed by atoms with Crippen molar-refractivity contribution in [1.82, 2.24) is 4.98 Å². The first-order chi connectivity index (χ1) is 6.18. The lowest BCUT2D eigenvalue weighted by Gasteiger charge is -2.02. The average Bonchev–Trinajstić information content (AvgIpc) is 2.12. The van der Waals surface area contributed by atoms with Gasteiger partial charge in [-0.1, -0.05) is 0 Å². The second-order valence-electron chi connectivity index (χ2n) is 2.62. The number of hydrogen-bond acceptors (Lipinski definition) is 2. The first-order valence-electron chi connectivity index (χ1n) is 3.61. The van der Waals surface area contributed by atoms with E-state index in [-0.39, 0.29) is 5.75 Å². The molecule has 1 heterocycles. The summed E-state index contributed by atoms with van der Waals surface area (Å²) in [5.41, 5.74) is 0.880. The van der Waals surface area contributed by atoms with E-state index < -0.39 is 0 Å². The molecular formula is C9H5BrINO. The highest BCUT2D eigenvalue weighted by atomic mass is 127. The number of aromatic hydroxyl groups is 1. The molecule has 1 N–H and O–H groups in total. The van der Waals surface area contributed by atoms with E-state index in [9.17, 15) is 5.11 Å². The van der Waals surface area contributed by atoms with Crippen LogP contribution >= 0.6 is 38.5 Å². The van der Waals surface area contributed by atoms with Crippen molar-refractivity contribution in [3.05, 3.63) is 32.4 Å². The smallest absolute Gasteiger partial charge is 0.130 e. The van der Waals surface area contributed by atoms with E-state index in [1.54, 1.807) is 18.3 Å². The molecule has 0 saturated carbocycles. The summed E-state index contributed by atoms with van der Waals surface area (Å²) in [4.78, 5) is 4.23. The van der Waals surface area contributed by atoms with Crippen molar-refractivity contribution in [3.8, 4) is 5.75 Å². The molecule has 13 heavy (non-hydrogen) atoms. The summed E-state index contributed by atoms with van der Waals surface area (Å²) in [6.45, 7) is 0. The summed E-state index contributed by atoms with van der Waals surface area (Å²) < 4.78 is 1.76. The van der Waals surface area contributed by atoms with E-state index in [2.05, 4.69) is 43.5 Å². The molecule has 0 atom stereocenters. The topological polar surface area (TPSA) is 33.1 Å². The van der Waals surface area contributed by atoms with Crippen LogP contribution in [-0.4, -0.2) is 10.1 Å². The predicted octanol–water partition coefficient (Wildman–Crippen LogP) is 3.31. The molecule has 0 spiro atoms. The van der Waals surface area contributed by atoms with Gasteiger partial charge in [0.05, 0.1) is 9.99 Å². The zero-order valence-corrected chi connectivity index (χ0v) is 10.2. The lowest BCUT2D eigenvalue weighted by atomic mass is 10.2. The van der Waals surface area contributed by atoms with Crippen molar-refractivity contribution in [3.63, 3.8) is 0 Å². The molecule has 0 aliphatic carbocycles. The van der Waals surface area contributed by atoms with Crippen LogP contribution in [0.1, 0.15) is 0 Å². The standard InChI is InChI=1S/C9H5BrINO/c10-9-6-3-5(11)4-12-7(6)1-2-8(9)13/h1-4,13H. The van der Waals surface area contributed by atoms with Gasteiger partial charge in [0.2, 0.25) is 0 Å². The minimum absolute atomic E-state index is 0.247. The van der Waals surface area contributed by atoms with Crippen LogP contribution in [0, 0.1) is 3.57 Å². The Bertz CT molecular complexity index is 467. The van der Waals surface area contributed by atoms with Gasteiger partial charge in [0, 0.05) is 15.2 Å². The van der Waals surface area contributed by atoms with E-state index in [0.29, 0.717) is 4.47 Å². The van der Waals surface area contributed by atoms with E-state index >= 15 is 0 Å². The molecule has 0 aliphatic heterocycles. The number of nitrogens with zero attached hydrogens (tertiary/aromatic N) is 1. The van der Waals surface area contributed by atoms with Gasteiger partial charge in [0.15, 0.2) is 0 Å². The minimum Gasteiger partial charge on any atom is -0.507 e. The Hall–Kier alpha value is -0.360. The maximum Gasteiger partial charge on any atom is 0.130 e. The highest BCUT2D eigenvalue weighted by Crippen LogP contribution is 2.31. The number of hydrogen-bond donors (Lipinski definition) is 1. The molecule has 0 bridgehead atoms. The van der Waals surface area contributed by atoms with Crippen molar-refractivity contribution >= 4 is 49.4 Å². The highest BCUT2D eigenvalue weighted by molar-refractivity contribution is 14.1. The van der Waals surface area contributed by atoms with Crippen LogP contribution in [0.5, 0.6) is 5.75 Å². The molecule has 4 heteroatoms. The Labute approximate surface area is 97.3 Å². The first kappa shape index (κ1) is 9.21. The second-order valence-corrected chi connectivity index (χ2v) is 4.66. The van der Waals surface area contributed by atoms with E-state index in [1.165, 1.54) is 0 Å². The Morgan fingerprint density at radius 2 is 2.15 bits per heavy atom. The summed E-state index contributed by atoms with van der Waals surface area (Å²) in [7, 11) is 0. The van der Waals surface area contributed by atoms with Crippen molar-refractivity contribution < 1.29 is 5.11 Å². The third-order valence-electron chi connectivity index (χ3n) is 1.75.